The fourth-order valence-corrected chi connectivity index (χ4v) is 4.84. The van der Waals surface area contributed by atoms with E-state index in [0.29, 0.717) is 0 Å². The highest BCUT2D eigenvalue weighted by atomic mass is 16.5. The van der Waals surface area contributed by atoms with Crippen LogP contribution in [-0.2, 0) is 16.0 Å². The second-order valence-electron chi connectivity index (χ2n) is 8.19. The predicted molar refractivity (Wildman–Crippen MR) is 127 cm³/mol. The van der Waals surface area contributed by atoms with Crippen LogP contribution in [0.5, 0.6) is 0 Å². The van der Waals surface area contributed by atoms with Crippen LogP contribution in [0.2, 0.25) is 0 Å². The Morgan fingerprint density at radius 1 is 0.848 bits per heavy atom. The molecule has 5 heteroatoms. The van der Waals surface area contributed by atoms with Crippen molar-refractivity contribution in [1.82, 2.24) is 4.90 Å². The van der Waals surface area contributed by atoms with Crippen LogP contribution in [0.3, 0.4) is 0 Å². The lowest BCUT2D eigenvalue weighted by Crippen LogP contribution is -2.48. The number of ether oxygens (including phenoxy) is 1. The van der Waals surface area contributed by atoms with Gasteiger partial charge in [0.25, 0.3) is 0 Å². The molecule has 4 aromatic rings. The first-order valence-corrected chi connectivity index (χ1v) is 10.8. The van der Waals surface area contributed by atoms with Crippen LogP contribution in [0, 0.1) is 0 Å². The molecule has 5 nitrogen and oxygen atoms in total. The molecule has 0 bridgehead atoms. The molecule has 0 aliphatic heterocycles. The zero-order valence-electron chi connectivity index (χ0n) is 18.1. The average Bonchev–Trinajstić information content (AvgIpc) is 3.17. The number of nitrogens with zero attached hydrogens (tertiary/aromatic N) is 1. The summed E-state index contributed by atoms with van der Waals surface area (Å²) in [6, 6.07) is 27.8. The molecule has 0 saturated heterocycles. The van der Waals surface area contributed by atoms with E-state index in [2.05, 4.69) is 0 Å². The van der Waals surface area contributed by atoms with E-state index in [1.165, 1.54) is 12.0 Å². The number of carboxylic acid groups (broad SMARTS) is 1. The molecule has 0 unspecified atom stereocenters. The van der Waals surface area contributed by atoms with Gasteiger partial charge < -0.3 is 9.84 Å². The number of amides is 1. The lowest BCUT2D eigenvalue weighted by molar-refractivity contribution is -0.143. The normalized spacial score (nSPS) is 13.2. The number of methoxy groups -OCH3 is 1. The summed E-state index contributed by atoms with van der Waals surface area (Å²) in [4.78, 5) is 27.0. The van der Waals surface area contributed by atoms with Gasteiger partial charge in [-0.15, -0.1) is 0 Å². The van der Waals surface area contributed by atoms with Crippen LogP contribution in [0.15, 0.2) is 91.0 Å². The van der Waals surface area contributed by atoms with Gasteiger partial charge in [-0.2, -0.15) is 0 Å². The lowest BCUT2D eigenvalue weighted by atomic mass is 9.97. The fraction of sp³-hybridized carbons (Fsp3) is 0.143. The largest absolute Gasteiger partial charge is 0.480 e. The summed E-state index contributed by atoms with van der Waals surface area (Å²) in [5, 5.41) is 12.4. The van der Waals surface area contributed by atoms with Crippen LogP contribution >= 0.6 is 0 Å². The monoisotopic (exact) mass is 437 g/mol. The minimum atomic E-state index is -1.11. The van der Waals surface area contributed by atoms with Gasteiger partial charge in [-0.25, -0.2) is 9.59 Å². The number of hydrogen-bond donors (Lipinski definition) is 1. The second-order valence-corrected chi connectivity index (χ2v) is 8.19. The Hall–Kier alpha value is -4.12. The summed E-state index contributed by atoms with van der Waals surface area (Å²) >= 11 is 0. The highest BCUT2D eigenvalue weighted by Crippen LogP contribution is 2.47. The lowest BCUT2D eigenvalue weighted by Gasteiger charge is -2.34. The standard InChI is InChI=1S/C28H23NO4/c1-33-28(32)29(26-23-12-6-4-10-21(23)22-11-5-7-13-24(22)26)25(27(30)31)17-18-14-15-19-8-2-3-9-20(19)16-18/h2-16,25-26H,17H2,1H3,(H,30,31)/t25-/m0/s1. The van der Waals surface area contributed by atoms with Gasteiger partial charge in [0.15, 0.2) is 0 Å². The fourth-order valence-electron chi connectivity index (χ4n) is 4.84. The van der Waals surface area contributed by atoms with Gasteiger partial charge in [0.1, 0.15) is 6.04 Å². The Morgan fingerprint density at radius 3 is 2.03 bits per heavy atom. The van der Waals surface area contributed by atoms with Crippen molar-refractivity contribution in [2.75, 3.05) is 7.11 Å². The summed E-state index contributed by atoms with van der Waals surface area (Å²) in [5.41, 5.74) is 4.64. The molecule has 0 saturated carbocycles. The molecular formula is C28H23NO4. The van der Waals surface area contributed by atoms with Gasteiger partial charge in [-0.05, 0) is 38.6 Å². The number of aliphatic carboxylic acids is 1. The third-order valence-corrected chi connectivity index (χ3v) is 6.33. The van der Waals surface area contributed by atoms with Crippen molar-refractivity contribution in [2.24, 2.45) is 0 Å². The van der Waals surface area contributed by atoms with Crippen LogP contribution in [0.4, 0.5) is 4.79 Å². The maximum atomic E-state index is 13.1. The molecule has 1 amide bonds. The van der Waals surface area contributed by atoms with Crippen molar-refractivity contribution in [2.45, 2.75) is 18.5 Å². The molecule has 33 heavy (non-hydrogen) atoms. The Labute approximate surface area is 191 Å². The maximum absolute atomic E-state index is 13.1. The molecule has 0 radical (unpaired) electrons. The number of fused-ring (bicyclic) bond motifs is 4. The number of carbonyl (C=O) groups excluding carboxylic acids is 1. The zero-order chi connectivity index (χ0) is 22.9. The number of carboxylic acids is 1. The van der Waals surface area contributed by atoms with Crippen molar-refractivity contribution in [1.29, 1.82) is 0 Å². The maximum Gasteiger partial charge on any atom is 0.411 e. The van der Waals surface area contributed by atoms with E-state index in [1.54, 1.807) is 0 Å². The van der Waals surface area contributed by atoms with E-state index in [1.807, 2.05) is 91.0 Å². The number of benzene rings is 4. The zero-order valence-corrected chi connectivity index (χ0v) is 18.1. The van der Waals surface area contributed by atoms with Crippen LogP contribution in [-0.4, -0.2) is 35.2 Å². The van der Waals surface area contributed by atoms with Gasteiger partial charge in [0.05, 0.1) is 13.2 Å². The Morgan fingerprint density at radius 2 is 1.42 bits per heavy atom. The number of rotatable bonds is 5. The smallest absolute Gasteiger partial charge is 0.411 e. The Balaban J connectivity index is 1.61. The number of hydrogen-bond acceptors (Lipinski definition) is 3. The highest BCUT2D eigenvalue weighted by molar-refractivity contribution is 5.86. The van der Waals surface area contributed by atoms with Crippen molar-refractivity contribution in [3.05, 3.63) is 108 Å². The molecule has 1 aliphatic rings. The molecule has 5 rings (SSSR count). The van der Waals surface area contributed by atoms with Crippen LogP contribution in [0.25, 0.3) is 21.9 Å². The van der Waals surface area contributed by atoms with Gasteiger partial charge in [0, 0.05) is 6.42 Å². The molecule has 4 aromatic carbocycles. The Bertz CT molecular complexity index is 1320. The van der Waals surface area contributed by atoms with E-state index in [-0.39, 0.29) is 6.42 Å². The van der Waals surface area contributed by atoms with Gasteiger partial charge in [0.2, 0.25) is 0 Å². The first-order chi connectivity index (χ1) is 16.1. The minimum absolute atomic E-state index is 0.163. The van der Waals surface area contributed by atoms with E-state index >= 15 is 0 Å². The van der Waals surface area contributed by atoms with Crippen molar-refractivity contribution in [3.8, 4) is 11.1 Å². The molecule has 1 aliphatic carbocycles. The predicted octanol–water partition coefficient (Wildman–Crippen LogP) is 5.67. The molecule has 0 spiro atoms. The molecular weight excluding hydrogens is 414 g/mol. The molecule has 1 N–H and O–H groups in total. The quantitative estimate of drug-likeness (QED) is 0.437. The molecule has 1 atom stereocenters. The topological polar surface area (TPSA) is 66.8 Å². The summed E-state index contributed by atoms with van der Waals surface area (Å²) in [6.45, 7) is 0. The minimum Gasteiger partial charge on any atom is -0.480 e. The highest BCUT2D eigenvalue weighted by Gasteiger charge is 2.42. The van der Waals surface area contributed by atoms with E-state index in [4.69, 9.17) is 4.74 Å². The van der Waals surface area contributed by atoms with E-state index in [0.717, 1.165) is 38.6 Å². The summed E-state index contributed by atoms with van der Waals surface area (Å²) in [5.74, 6) is -1.07. The van der Waals surface area contributed by atoms with Gasteiger partial charge in [-0.3, -0.25) is 4.90 Å². The number of carbonyl (C=O) groups is 2. The Kier molecular flexibility index (Phi) is 5.31. The van der Waals surface area contributed by atoms with Crippen molar-refractivity contribution >= 4 is 22.8 Å². The van der Waals surface area contributed by atoms with Gasteiger partial charge in [-0.1, -0.05) is 91.0 Å². The van der Waals surface area contributed by atoms with Crippen LogP contribution < -0.4 is 0 Å². The van der Waals surface area contributed by atoms with Gasteiger partial charge >= 0.3 is 12.1 Å². The first-order valence-electron chi connectivity index (χ1n) is 10.8. The summed E-state index contributed by atoms with van der Waals surface area (Å²) in [6.07, 6.45) is -0.504. The van der Waals surface area contributed by atoms with Crippen molar-refractivity contribution < 1.29 is 19.4 Å². The first kappa shape index (κ1) is 20.8. The van der Waals surface area contributed by atoms with E-state index < -0.39 is 24.1 Å². The molecule has 164 valence electrons. The summed E-state index contributed by atoms with van der Waals surface area (Å²) in [7, 11) is 1.29. The SMILES string of the molecule is COC(=O)N(C1c2ccccc2-c2ccccc21)[C@@H](Cc1ccc2ccccc2c1)C(=O)O. The van der Waals surface area contributed by atoms with E-state index in [9.17, 15) is 14.7 Å². The molecule has 0 aromatic heterocycles. The van der Waals surface area contributed by atoms with Crippen molar-refractivity contribution in [3.63, 3.8) is 0 Å². The van der Waals surface area contributed by atoms with Crippen LogP contribution in [0.1, 0.15) is 22.7 Å². The summed E-state index contributed by atoms with van der Waals surface area (Å²) < 4.78 is 5.12. The third kappa shape index (κ3) is 3.61. The molecule has 0 fully saturated rings. The third-order valence-electron chi connectivity index (χ3n) is 6.33. The second kappa shape index (κ2) is 8.43. The molecule has 0 heterocycles. The average molecular weight is 437 g/mol.